The number of nitrogen functional groups attached to an aromatic ring is 1. The molecule has 9 heteroatoms. The first kappa shape index (κ1) is 16.7. The molecule has 0 aliphatic carbocycles. The summed E-state index contributed by atoms with van der Waals surface area (Å²) in [6.45, 7) is 0. The molecular formula is C12H8Br3FN2O2S. The molecule has 0 amide bonds. The normalized spacial score (nSPS) is 11.4. The second-order valence-electron chi connectivity index (χ2n) is 4.04. The van der Waals surface area contributed by atoms with Crippen LogP contribution in [0.2, 0.25) is 0 Å². The summed E-state index contributed by atoms with van der Waals surface area (Å²) in [6.07, 6.45) is 0. The molecule has 0 heterocycles. The van der Waals surface area contributed by atoms with E-state index in [0.717, 1.165) is 12.1 Å². The molecule has 21 heavy (non-hydrogen) atoms. The van der Waals surface area contributed by atoms with E-state index in [1.54, 1.807) is 6.07 Å². The van der Waals surface area contributed by atoms with Gasteiger partial charge in [0.2, 0.25) is 0 Å². The fraction of sp³-hybridized carbons (Fsp3) is 0. The Labute approximate surface area is 146 Å². The molecule has 0 aliphatic heterocycles. The quantitative estimate of drug-likeness (QED) is 0.607. The van der Waals surface area contributed by atoms with E-state index < -0.39 is 15.8 Å². The number of nitrogens with one attached hydrogen (secondary N) is 1. The van der Waals surface area contributed by atoms with Crippen LogP contribution in [0.4, 0.5) is 15.8 Å². The van der Waals surface area contributed by atoms with Crippen LogP contribution in [0.5, 0.6) is 0 Å². The van der Waals surface area contributed by atoms with Crippen LogP contribution in [0, 0.1) is 5.82 Å². The van der Waals surface area contributed by atoms with E-state index >= 15 is 0 Å². The lowest BCUT2D eigenvalue weighted by Crippen LogP contribution is -2.16. The summed E-state index contributed by atoms with van der Waals surface area (Å²) in [4.78, 5) is -0.0816. The number of hydrogen-bond acceptors (Lipinski definition) is 3. The van der Waals surface area contributed by atoms with Crippen molar-refractivity contribution in [1.29, 1.82) is 0 Å². The number of nitrogens with two attached hydrogens (primary N) is 1. The molecule has 0 saturated carbocycles. The van der Waals surface area contributed by atoms with Gasteiger partial charge < -0.3 is 5.73 Å². The minimum atomic E-state index is -3.92. The number of benzene rings is 2. The fourth-order valence-electron chi connectivity index (χ4n) is 1.63. The summed E-state index contributed by atoms with van der Waals surface area (Å²) in [5, 5.41) is 0. The van der Waals surface area contributed by atoms with Gasteiger partial charge >= 0.3 is 0 Å². The van der Waals surface area contributed by atoms with E-state index in [4.69, 9.17) is 5.73 Å². The van der Waals surface area contributed by atoms with Gasteiger partial charge in [-0.05, 0) is 62.2 Å². The van der Waals surface area contributed by atoms with E-state index in [0.29, 0.717) is 8.95 Å². The summed E-state index contributed by atoms with van der Waals surface area (Å²) in [5.41, 5.74) is 6.07. The highest BCUT2D eigenvalue weighted by atomic mass is 79.9. The second kappa shape index (κ2) is 6.23. The highest BCUT2D eigenvalue weighted by molar-refractivity contribution is 9.11. The first-order valence-corrected chi connectivity index (χ1v) is 9.29. The summed E-state index contributed by atoms with van der Waals surface area (Å²) in [5.74, 6) is -0.478. The molecule has 3 N–H and O–H groups in total. The van der Waals surface area contributed by atoms with Crippen LogP contribution in [0.1, 0.15) is 0 Å². The zero-order valence-corrected chi connectivity index (χ0v) is 15.8. The third-order valence-corrected chi connectivity index (χ3v) is 5.96. The third kappa shape index (κ3) is 3.77. The molecule has 2 rings (SSSR count). The molecule has 4 nitrogen and oxygen atoms in total. The molecule has 0 unspecified atom stereocenters. The van der Waals surface area contributed by atoms with Crippen molar-refractivity contribution in [3.63, 3.8) is 0 Å². The Bertz CT molecular complexity index is 789. The van der Waals surface area contributed by atoms with E-state index in [1.165, 1.54) is 12.1 Å². The Morgan fingerprint density at radius 3 is 2.29 bits per heavy atom. The molecule has 0 aliphatic rings. The van der Waals surface area contributed by atoms with Crippen molar-refractivity contribution in [2.45, 2.75) is 4.90 Å². The summed E-state index contributed by atoms with van der Waals surface area (Å²) in [7, 11) is -3.92. The molecule has 112 valence electrons. The Hall–Kier alpha value is -0.640. The number of sulfonamides is 1. The maximum atomic E-state index is 13.0. The van der Waals surface area contributed by atoms with Gasteiger partial charge in [-0.1, -0.05) is 15.9 Å². The minimum absolute atomic E-state index is 0.0816. The van der Waals surface area contributed by atoms with Crippen molar-refractivity contribution in [2.75, 3.05) is 10.5 Å². The predicted molar refractivity (Wildman–Crippen MR) is 91.2 cm³/mol. The Morgan fingerprint density at radius 2 is 1.71 bits per heavy atom. The molecule has 0 radical (unpaired) electrons. The highest BCUT2D eigenvalue weighted by Gasteiger charge is 2.22. The lowest BCUT2D eigenvalue weighted by Gasteiger charge is -2.13. The van der Waals surface area contributed by atoms with Gasteiger partial charge in [-0.25, -0.2) is 12.8 Å². The molecule has 0 fully saturated rings. The lowest BCUT2D eigenvalue weighted by atomic mass is 10.3. The monoisotopic (exact) mass is 500 g/mol. The Balaban J connectivity index is 2.48. The van der Waals surface area contributed by atoms with Gasteiger partial charge in [0, 0.05) is 13.4 Å². The first-order valence-electron chi connectivity index (χ1n) is 5.43. The van der Waals surface area contributed by atoms with E-state index in [9.17, 15) is 12.8 Å². The Morgan fingerprint density at radius 1 is 1.05 bits per heavy atom. The van der Waals surface area contributed by atoms with Crippen molar-refractivity contribution in [2.24, 2.45) is 0 Å². The zero-order valence-electron chi connectivity index (χ0n) is 10.2. The number of anilines is 2. The number of hydrogen-bond donors (Lipinski definition) is 2. The van der Waals surface area contributed by atoms with Crippen molar-refractivity contribution >= 4 is 69.2 Å². The van der Waals surface area contributed by atoms with Crippen LogP contribution >= 0.6 is 47.8 Å². The van der Waals surface area contributed by atoms with Gasteiger partial charge in [0.25, 0.3) is 10.0 Å². The maximum Gasteiger partial charge on any atom is 0.265 e. The van der Waals surface area contributed by atoms with Gasteiger partial charge in [0.05, 0.1) is 11.4 Å². The van der Waals surface area contributed by atoms with Crippen LogP contribution in [0.15, 0.2) is 48.6 Å². The Kier molecular flexibility index (Phi) is 4.96. The summed E-state index contributed by atoms with van der Waals surface area (Å²) >= 11 is 9.51. The molecule has 0 spiro atoms. The van der Waals surface area contributed by atoms with Crippen LogP contribution in [-0.2, 0) is 10.0 Å². The van der Waals surface area contributed by atoms with Gasteiger partial charge in [-0.3, -0.25) is 4.72 Å². The summed E-state index contributed by atoms with van der Waals surface area (Å²) in [6, 6.07) is 6.70. The molecular weight excluding hydrogens is 495 g/mol. The third-order valence-electron chi connectivity index (χ3n) is 2.48. The van der Waals surface area contributed by atoms with Gasteiger partial charge in [0.1, 0.15) is 10.7 Å². The maximum absolute atomic E-state index is 13.0. The average Bonchev–Trinajstić information content (AvgIpc) is 2.30. The molecule has 2 aromatic carbocycles. The average molecular weight is 503 g/mol. The SMILES string of the molecule is Nc1cc(Br)cc(Br)c1S(=O)(=O)Nc1ccc(F)cc1Br. The highest BCUT2D eigenvalue weighted by Crippen LogP contribution is 2.34. The standard InChI is InChI=1S/C12H8Br3FN2O2S/c13-6-3-9(15)12(10(17)4-6)21(19,20)18-11-2-1-7(16)5-8(11)14/h1-5,18H,17H2. The van der Waals surface area contributed by atoms with Crippen molar-refractivity contribution in [3.8, 4) is 0 Å². The smallest absolute Gasteiger partial charge is 0.265 e. The lowest BCUT2D eigenvalue weighted by molar-refractivity contribution is 0.601. The van der Waals surface area contributed by atoms with Gasteiger partial charge in [-0.15, -0.1) is 0 Å². The van der Waals surface area contributed by atoms with Crippen molar-refractivity contribution in [3.05, 3.63) is 49.6 Å². The number of rotatable bonds is 3. The van der Waals surface area contributed by atoms with E-state index in [2.05, 4.69) is 52.5 Å². The molecule has 0 atom stereocenters. The topological polar surface area (TPSA) is 72.2 Å². The molecule has 0 saturated heterocycles. The van der Waals surface area contributed by atoms with Crippen LogP contribution < -0.4 is 10.5 Å². The first-order chi connectivity index (χ1) is 9.70. The molecule has 0 aromatic heterocycles. The molecule has 0 bridgehead atoms. The largest absolute Gasteiger partial charge is 0.398 e. The van der Waals surface area contributed by atoms with Crippen molar-refractivity contribution in [1.82, 2.24) is 0 Å². The zero-order chi connectivity index (χ0) is 15.8. The van der Waals surface area contributed by atoms with Crippen LogP contribution in [-0.4, -0.2) is 8.42 Å². The molecule has 2 aromatic rings. The van der Waals surface area contributed by atoms with Crippen LogP contribution in [0.25, 0.3) is 0 Å². The second-order valence-corrected chi connectivity index (χ2v) is 8.28. The van der Waals surface area contributed by atoms with Crippen LogP contribution in [0.3, 0.4) is 0 Å². The van der Waals surface area contributed by atoms with E-state index in [1.807, 2.05) is 0 Å². The predicted octanol–water partition coefficient (Wildman–Crippen LogP) is 4.50. The van der Waals surface area contributed by atoms with Gasteiger partial charge in [0.15, 0.2) is 0 Å². The fourth-order valence-corrected chi connectivity index (χ4v) is 5.37. The summed E-state index contributed by atoms with van der Waals surface area (Å²) < 4.78 is 41.5. The van der Waals surface area contributed by atoms with E-state index in [-0.39, 0.29) is 20.7 Å². The minimum Gasteiger partial charge on any atom is -0.398 e. The van der Waals surface area contributed by atoms with Gasteiger partial charge in [-0.2, -0.15) is 0 Å². The number of halogens is 4. The van der Waals surface area contributed by atoms with Crippen molar-refractivity contribution < 1.29 is 12.8 Å².